The number of ether oxygens (including phenoxy) is 1. The summed E-state index contributed by atoms with van der Waals surface area (Å²) in [6.45, 7) is 5.48. The molecule has 16 heavy (non-hydrogen) atoms. The molecule has 0 radical (unpaired) electrons. The largest absolute Gasteiger partial charge is 0.504 e. The molecule has 0 unspecified atom stereocenters. The number of carbonyl (C=O) groups is 1. The number of ketones is 1. The number of rotatable bonds is 3. The van der Waals surface area contributed by atoms with Crippen LogP contribution in [0.4, 0.5) is 0 Å². The van der Waals surface area contributed by atoms with Gasteiger partial charge in [0.25, 0.3) is 0 Å². The Labute approximate surface area is 96.4 Å². The molecule has 3 nitrogen and oxygen atoms in total. The number of hydrogen-bond acceptors (Lipinski definition) is 3. The van der Waals surface area contributed by atoms with E-state index in [0.29, 0.717) is 5.75 Å². The van der Waals surface area contributed by atoms with Crippen LogP contribution in [0.15, 0.2) is 24.3 Å². The minimum atomic E-state index is -0.0166. The number of hydrogen-bond donors (Lipinski definition) is 1. The highest BCUT2D eigenvalue weighted by Crippen LogP contribution is 2.26. The summed E-state index contributed by atoms with van der Waals surface area (Å²) in [6, 6.07) is 4.89. The van der Waals surface area contributed by atoms with Crippen molar-refractivity contribution >= 4 is 11.9 Å². The van der Waals surface area contributed by atoms with Crippen molar-refractivity contribution in [2.75, 3.05) is 7.11 Å². The fourth-order valence-corrected chi connectivity index (χ4v) is 1.01. The number of benzene rings is 1. The van der Waals surface area contributed by atoms with Crippen LogP contribution in [0.1, 0.15) is 26.3 Å². The Morgan fingerprint density at radius 3 is 2.50 bits per heavy atom. The second kappa shape index (κ2) is 7.51. The van der Waals surface area contributed by atoms with Gasteiger partial charge in [-0.25, -0.2) is 0 Å². The number of allylic oxidation sites excluding steroid dienone is 1. The zero-order valence-corrected chi connectivity index (χ0v) is 10.2. The summed E-state index contributed by atoms with van der Waals surface area (Å²) in [5, 5.41) is 9.30. The molecule has 1 rings (SSSR count). The Morgan fingerprint density at radius 2 is 2.00 bits per heavy atom. The standard InChI is InChI=1S/C11H12O3.C2H6/c1-8(12)3-4-9-5-6-10(13)11(7-9)14-2;1-2/h3-7,13H,1-2H3;1-2H3/b4-3+;. The Bertz CT molecular complexity index is 367. The van der Waals surface area contributed by atoms with Crippen LogP contribution >= 0.6 is 0 Å². The van der Waals surface area contributed by atoms with Crippen molar-refractivity contribution in [3.63, 3.8) is 0 Å². The zero-order valence-electron chi connectivity index (χ0n) is 10.2. The monoisotopic (exact) mass is 222 g/mol. The summed E-state index contributed by atoms with van der Waals surface area (Å²) in [7, 11) is 1.48. The van der Waals surface area contributed by atoms with E-state index in [1.807, 2.05) is 13.8 Å². The van der Waals surface area contributed by atoms with Gasteiger partial charge in [0.2, 0.25) is 0 Å². The number of carbonyl (C=O) groups excluding carboxylic acids is 1. The maximum absolute atomic E-state index is 10.7. The Kier molecular flexibility index (Phi) is 6.68. The average Bonchev–Trinajstić information content (AvgIpc) is 2.30. The van der Waals surface area contributed by atoms with Gasteiger partial charge in [0.1, 0.15) is 0 Å². The van der Waals surface area contributed by atoms with Crippen molar-refractivity contribution in [1.82, 2.24) is 0 Å². The fourth-order valence-electron chi connectivity index (χ4n) is 1.01. The van der Waals surface area contributed by atoms with Gasteiger partial charge in [-0.1, -0.05) is 26.0 Å². The Morgan fingerprint density at radius 1 is 1.38 bits per heavy atom. The van der Waals surface area contributed by atoms with Gasteiger partial charge in [0, 0.05) is 0 Å². The topological polar surface area (TPSA) is 46.5 Å². The van der Waals surface area contributed by atoms with E-state index in [9.17, 15) is 9.90 Å². The molecule has 1 aromatic rings. The summed E-state index contributed by atoms with van der Waals surface area (Å²) < 4.78 is 4.92. The third-order valence-corrected chi connectivity index (χ3v) is 1.71. The van der Waals surface area contributed by atoms with E-state index in [0.717, 1.165) is 5.56 Å². The van der Waals surface area contributed by atoms with Crippen molar-refractivity contribution < 1.29 is 14.6 Å². The molecule has 0 amide bonds. The molecule has 0 spiro atoms. The fraction of sp³-hybridized carbons (Fsp3) is 0.308. The highest BCUT2D eigenvalue weighted by Gasteiger charge is 2.00. The van der Waals surface area contributed by atoms with Gasteiger partial charge < -0.3 is 9.84 Å². The van der Waals surface area contributed by atoms with Crippen molar-refractivity contribution in [3.8, 4) is 11.5 Å². The molecule has 0 aliphatic heterocycles. The lowest BCUT2D eigenvalue weighted by Gasteiger charge is -2.03. The maximum atomic E-state index is 10.7. The lowest BCUT2D eigenvalue weighted by Crippen LogP contribution is -1.85. The Balaban J connectivity index is 0.00000106. The van der Waals surface area contributed by atoms with Gasteiger partial charge in [-0.05, 0) is 30.7 Å². The van der Waals surface area contributed by atoms with Crippen molar-refractivity contribution in [1.29, 1.82) is 0 Å². The third kappa shape index (κ3) is 4.64. The van der Waals surface area contributed by atoms with Gasteiger partial charge in [-0.15, -0.1) is 0 Å². The van der Waals surface area contributed by atoms with E-state index < -0.39 is 0 Å². The second-order valence-corrected chi connectivity index (χ2v) is 2.88. The first-order valence-corrected chi connectivity index (χ1v) is 5.19. The first kappa shape index (κ1) is 14.2. The number of methoxy groups -OCH3 is 1. The number of phenols is 1. The molecule has 0 saturated heterocycles. The van der Waals surface area contributed by atoms with Crippen LogP contribution in [0.2, 0.25) is 0 Å². The van der Waals surface area contributed by atoms with Crippen LogP contribution in [0.5, 0.6) is 11.5 Å². The van der Waals surface area contributed by atoms with E-state index in [2.05, 4.69) is 0 Å². The summed E-state index contributed by atoms with van der Waals surface area (Å²) in [5.74, 6) is 0.472. The molecule has 88 valence electrons. The molecule has 0 heterocycles. The minimum Gasteiger partial charge on any atom is -0.504 e. The normalized spacial score (nSPS) is 9.50. The summed E-state index contributed by atoms with van der Waals surface area (Å²) >= 11 is 0. The van der Waals surface area contributed by atoms with Crippen LogP contribution in [0.3, 0.4) is 0 Å². The minimum absolute atomic E-state index is 0.0166. The average molecular weight is 222 g/mol. The van der Waals surface area contributed by atoms with Crippen LogP contribution in [-0.2, 0) is 4.79 Å². The van der Waals surface area contributed by atoms with Gasteiger partial charge in [0.15, 0.2) is 17.3 Å². The first-order chi connectivity index (χ1) is 7.63. The summed E-state index contributed by atoms with van der Waals surface area (Å²) in [4.78, 5) is 10.7. The van der Waals surface area contributed by atoms with Crippen molar-refractivity contribution in [3.05, 3.63) is 29.8 Å². The molecule has 0 atom stereocenters. The quantitative estimate of drug-likeness (QED) is 0.799. The lowest BCUT2D eigenvalue weighted by molar-refractivity contribution is -0.112. The predicted octanol–water partition coefficient (Wildman–Crippen LogP) is 3.03. The van der Waals surface area contributed by atoms with E-state index in [1.165, 1.54) is 26.2 Å². The van der Waals surface area contributed by atoms with Gasteiger partial charge in [-0.2, -0.15) is 0 Å². The van der Waals surface area contributed by atoms with Crippen LogP contribution in [-0.4, -0.2) is 18.0 Å². The van der Waals surface area contributed by atoms with Crippen molar-refractivity contribution in [2.45, 2.75) is 20.8 Å². The molecule has 0 fully saturated rings. The molecular formula is C13H18O3. The molecule has 0 aliphatic carbocycles. The summed E-state index contributed by atoms with van der Waals surface area (Å²) in [6.07, 6.45) is 3.14. The molecule has 0 aliphatic rings. The molecule has 0 saturated carbocycles. The highest BCUT2D eigenvalue weighted by molar-refractivity contribution is 5.91. The Hall–Kier alpha value is -1.77. The highest BCUT2D eigenvalue weighted by atomic mass is 16.5. The van der Waals surface area contributed by atoms with Gasteiger partial charge in [0.05, 0.1) is 7.11 Å². The van der Waals surface area contributed by atoms with Crippen LogP contribution in [0.25, 0.3) is 6.08 Å². The lowest BCUT2D eigenvalue weighted by atomic mass is 10.2. The predicted molar refractivity (Wildman–Crippen MR) is 65.7 cm³/mol. The zero-order chi connectivity index (χ0) is 12.6. The van der Waals surface area contributed by atoms with Crippen LogP contribution < -0.4 is 4.74 Å². The van der Waals surface area contributed by atoms with E-state index in [1.54, 1.807) is 18.2 Å². The molecule has 1 aromatic carbocycles. The second-order valence-electron chi connectivity index (χ2n) is 2.88. The van der Waals surface area contributed by atoms with Gasteiger partial charge in [-0.3, -0.25) is 4.79 Å². The first-order valence-electron chi connectivity index (χ1n) is 5.19. The molecule has 1 N–H and O–H groups in total. The van der Waals surface area contributed by atoms with Gasteiger partial charge >= 0.3 is 0 Å². The molecule has 0 bridgehead atoms. The third-order valence-electron chi connectivity index (χ3n) is 1.71. The number of aromatic hydroxyl groups is 1. The molecule has 0 aromatic heterocycles. The van der Waals surface area contributed by atoms with Crippen LogP contribution in [0, 0.1) is 0 Å². The molecular weight excluding hydrogens is 204 g/mol. The molecule has 3 heteroatoms. The van der Waals surface area contributed by atoms with E-state index in [4.69, 9.17) is 4.74 Å². The summed E-state index contributed by atoms with van der Waals surface area (Å²) in [5.41, 5.74) is 0.815. The number of phenolic OH excluding ortho intramolecular Hbond substituents is 1. The smallest absolute Gasteiger partial charge is 0.161 e. The SMILES string of the molecule is CC.COc1cc(/C=C/C(C)=O)ccc1O. The van der Waals surface area contributed by atoms with E-state index in [-0.39, 0.29) is 11.5 Å². The maximum Gasteiger partial charge on any atom is 0.161 e. The van der Waals surface area contributed by atoms with E-state index >= 15 is 0 Å². The van der Waals surface area contributed by atoms with Crippen molar-refractivity contribution in [2.24, 2.45) is 0 Å².